The number of nitrogens with one attached hydrogen (secondary N) is 1. The van der Waals surface area contributed by atoms with Gasteiger partial charge in [-0.3, -0.25) is 0 Å². The highest BCUT2D eigenvalue weighted by Gasteiger charge is 2.06. The fourth-order valence-electron chi connectivity index (χ4n) is 1.62. The van der Waals surface area contributed by atoms with Crippen LogP contribution in [0, 0.1) is 6.92 Å². The number of pyridine rings is 1. The van der Waals surface area contributed by atoms with Crippen molar-refractivity contribution in [3.8, 4) is 11.6 Å². The van der Waals surface area contributed by atoms with Gasteiger partial charge in [0.25, 0.3) is 0 Å². The van der Waals surface area contributed by atoms with Gasteiger partial charge in [-0.05, 0) is 31.7 Å². The molecule has 0 saturated carbocycles. The molecule has 1 N–H and O–H groups in total. The van der Waals surface area contributed by atoms with Crippen LogP contribution in [0.25, 0.3) is 0 Å². The van der Waals surface area contributed by atoms with Crippen molar-refractivity contribution in [2.75, 3.05) is 7.05 Å². The Hall–Kier alpha value is -1.87. The molecule has 17 heavy (non-hydrogen) atoms. The Morgan fingerprint density at radius 3 is 2.76 bits per heavy atom. The Labute approximate surface area is 101 Å². The number of para-hydroxylation sites is 1. The molecule has 1 aromatic carbocycles. The summed E-state index contributed by atoms with van der Waals surface area (Å²) < 4.78 is 5.84. The first kappa shape index (κ1) is 11.6. The van der Waals surface area contributed by atoms with Crippen LogP contribution >= 0.6 is 0 Å². The lowest BCUT2D eigenvalue weighted by molar-refractivity contribution is 0.451. The largest absolute Gasteiger partial charge is 0.438 e. The molecule has 3 nitrogen and oxygen atoms in total. The fraction of sp³-hybridized carbons (Fsp3) is 0.214. The predicted molar refractivity (Wildman–Crippen MR) is 68.3 cm³/mol. The average molecular weight is 228 g/mol. The van der Waals surface area contributed by atoms with Gasteiger partial charge in [0.1, 0.15) is 5.75 Å². The minimum absolute atomic E-state index is 0.663. The summed E-state index contributed by atoms with van der Waals surface area (Å²) in [5, 5.41) is 3.10. The number of aryl methyl sites for hydroxylation is 1. The van der Waals surface area contributed by atoms with E-state index in [9.17, 15) is 0 Å². The Bertz CT molecular complexity index is 497. The van der Waals surface area contributed by atoms with Crippen molar-refractivity contribution >= 4 is 0 Å². The molecule has 1 heterocycles. The molecule has 0 spiro atoms. The standard InChI is InChI=1S/C14H16N2O/c1-11-6-3-4-8-13(11)17-14-12(10-15-2)7-5-9-16-14/h3-9,15H,10H2,1-2H3. The van der Waals surface area contributed by atoms with E-state index in [4.69, 9.17) is 4.74 Å². The van der Waals surface area contributed by atoms with Gasteiger partial charge >= 0.3 is 0 Å². The molecule has 0 saturated heterocycles. The minimum atomic E-state index is 0.663. The first-order chi connectivity index (χ1) is 8.31. The van der Waals surface area contributed by atoms with Gasteiger partial charge in [-0.2, -0.15) is 0 Å². The maximum Gasteiger partial charge on any atom is 0.223 e. The lowest BCUT2D eigenvalue weighted by Crippen LogP contribution is -2.07. The Morgan fingerprint density at radius 1 is 1.18 bits per heavy atom. The first-order valence-corrected chi connectivity index (χ1v) is 5.63. The molecule has 3 heteroatoms. The van der Waals surface area contributed by atoms with Crippen LogP contribution in [0.5, 0.6) is 11.6 Å². The first-order valence-electron chi connectivity index (χ1n) is 5.63. The highest BCUT2D eigenvalue weighted by atomic mass is 16.5. The zero-order valence-corrected chi connectivity index (χ0v) is 10.1. The van der Waals surface area contributed by atoms with Crippen LogP contribution < -0.4 is 10.1 Å². The molecular weight excluding hydrogens is 212 g/mol. The van der Waals surface area contributed by atoms with E-state index in [1.54, 1.807) is 6.20 Å². The van der Waals surface area contributed by atoms with Gasteiger partial charge in [0.05, 0.1) is 0 Å². The third-order valence-corrected chi connectivity index (χ3v) is 2.52. The third kappa shape index (κ3) is 2.82. The van der Waals surface area contributed by atoms with Gasteiger partial charge in [0.2, 0.25) is 5.88 Å². The average Bonchev–Trinajstić information content (AvgIpc) is 2.35. The predicted octanol–water partition coefficient (Wildman–Crippen LogP) is 2.90. The maximum absolute atomic E-state index is 5.84. The summed E-state index contributed by atoms with van der Waals surface area (Å²) in [6, 6.07) is 11.9. The molecule has 0 aliphatic heterocycles. The van der Waals surface area contributed by atoms with E-state index in [1.807, 2.05) is 50.4 Å². The van der Waals surface area contributed by atoms with E-state index in [-0.39, 0.29) is 0 Å². The summed E-state index contributed by atoms with van der Waals surface area (Å²) >= 11 is 0. The van der Waals surface area contributed by atoms with Crippen LogP contribution in [0.1, 0.15) is 11.1 Å². The van der Waals surface area contributed by atoms with Crippen LogP contribution in [0.2, 0.25) is 0 Å². The van der Waals surface area contributed by atoms with Crippen LogP contribution in [0.4, 0.5) is 0 Å². The monoisotopic (exact) mass is 228 g/mol. The molecule has 0 aliphatic rings. The lowest BCUT2D eigenvalue weighted by Gasteiger charge is -2.11. The normalized spacial score (nSPS) is 10.2. The molecule has 0 atom stereocenters. The number of benzene rings is 1. The molecule has 0 fully saturated rings. The summed E-state index contributed by atoms with van der Waals surface area (Å²) in [4.78, 5) is 4.27. The molecule has 0 aliphatic carbocycles. The summed E-state index contributed by atoms with van der Waals surface area (Å²) in [5.74, 6) is 1.51. The van der Waals surface area contributed by atoms with Gasteiger partial charge in [-0.25, -0.2) is 4.98 Å². The Kier molecular flexibility index (Phi) is 3.73. The van der Waals surface area contributed by atoms with Gasteiger partial charge < -0.3 is 10.1 Å². The summed E-state index contributed by atoms with van der Waals surface area (Å²) in [6.45, 7) is 2.77. The second-order valence-electron chi connectivity index (χ2n) is 3.87. The summed E-state index contributed by atoms with van der Waals surface area (Å²) in [7, 11) is 1.91. The summed E-state index contributed by atoms with van der Waals surface area (Å²) in [5.41, 5.74) is 2.16. The van der Waals surface area contributed by atoms with E-state index in [0.29, 0.717) is 5.88 Å². The van der Waals surface area contributed by atoms with Crippen molar-refractivity contribution in [2.45, 2.75) is 13.5 Å². The van der Waals surface area contributed by atoms with Crippen LogP contribution in [-0.4, -0.2) is 12.0 Å². The van der Waals surface area contributed by atoms with Gasteiger partial charge in [0, 0.05) is 18.3 Å². The Morgan fingerprint density at radius 2 is 2.00 bits per heavy atom. The van der Waals surface area contributed by atoms with Crippen molar-refractivity contribution < 1.29 is 4.74 Å². The van der Waals surface area contributed by atoms with Crippen molar-refractivity contribution in [3.05, 3.63) is 53.7 Å². The number of ether oxygens (including phenoxy) is 1. The zero-order chi connectivity index (χ0) is 12.1. The topological polar surface area (TPSA) is 34.2 Å². The molecule has 2 rings (SSSR count). The smallest absolute Gasteiger partial charge is 0.223 e. The number of nitrogens with zero attached hydrogens (tertiary/aromatic N) is 1. The van der Waals surface area contributed by atoms with Crippen LogP contribution in [-0.2, 0) is 6.54 Å². The number of aromatic nitrogens is 1. The summed E-state index contributed by atoms with van der Waals surface area (Å²) in [6.07, 6.45) is 1.74. The minimum Gasteiger partial charge on any atom is -0.438 e. The molecule has 1 aromatic heterocycles. The van der Waals surface area contributed by atoms with Crippen molar-refractivity contribution in [3.63, 3.8) is 0 Å². The quantitative estimate of drug-likeness (QED) is 0.873. The SMILES string of the molecule is CNCc1cccnc1Oc1ccccc1C. The zero-order valence-electron chi connectivity index (χ0n) is 10.1. The van der Waals surface area contributed by atoms with E-state index in [2.05, 4.69) is 10.3 Å². The molecular formula is C14H16N2O. The van der Waals surface area contributed by atoms with Crippen molar-refractivity contribution in [1.82, 2.24) is 10.3 Å². The van der Waals surface area contributed by atoms with E-state index in [1.165, 1.54) is 0 Å². The van der Waals surface area contributed by atoms with E-state index in [0.717, 1.165) is 23.4 Å². The third-order valence-electron chi connectivity index (χ3n) is 2.52. The molecule has 2 aromatic rings. The van der Waals surface area contributed by atoms with Gasteiger partial charge in [0.15, 0.2) is 0 Å². The van der Waals surface area contributed by atoms with Crippen LogP contribution in [0.15, 0.2) is 42.6 Å². The van der Waals surface area contributed by atoms with Crippen molar-refractivity contribution in [2.24, 2.45) is 0 Å². The van der Waals surface area contributed by atoms with Crippen LogP contribution in [0.3, 0.4) is 0 Å². The molecule has 88 valence electrons. The second kappa shape index (κ2) is 5.46. The Balaban J connectivity index is 2.27. The highest BCUT2D eigenvalue weighted by Crippen LogP contribution is 2.25. The number of hydrogen-bond acceptors (Lipinski definition) is 3. The number of rotatable bonds is 4. The van der Waals surface area contributed by atoms with Gasteiger partial charge in [-0.1, -0.05) is 24.3 Å². The number of hydrogen-bond donors (Lipinski definition) is 1. The second-order valence-corrected chi connectivity index (χ2v) is 3.87. The highest BCUT2D eigenvalue weighted by molar-refractivity contribution is 5.37. The molecule has 0 radical (unpaired) electrons. The van der Waals surface area contributed by atoms with E-state index >= 15 is 0 Å². The van der Waals surface area contributed by atoms with E-state index < -0.39 is 0 Å². The fourth-order valence-corrected chi connectivity index (χ4v) is 1.62. The molecule has 0 amide bonds. The molecule has 0 bridgehead atoms. The van der Waals surface area contributed by atoms with Gasteiger partial charge in [-0.15, -0.1) is 0 Å². The van der Waals surface area contributed by atoms with Crippen molar-refractivity contribution in [1.29, 1.82) is 0 Å². The maximum atomic E-state index is 5.84. The molecule has 0 unspecified atom stereocenters. The lowest BCUT2D eigenvalue weighted by atomic mass is 10.2.